The van der Waals surface area contributed by atoms with Crippen LogP contribution in [0.4, 0.5) is 0 Å². The molecule has 0 aromatic heterocycles. The van der Waals surface area contributed by atoms with Crippen LogP contribution in [0.3, 0.4) is 0 Å². The first-order valence-corrected chi connectivity index (χ1v) is 7.43. The van der Waals surface area contributed by atoms with Crippen LogP contribution in [0, 0.1) is 0 Å². The summed E-state index contributed by atoms with van der Waals surface area (Å²) in [6, 6.07) is 17.4. The third-order valence-corrected chi connectivity index (χ3v) is 4.25. The van der Waals surface area contributed by atoms with Crippen LogP contribution in [-0.2, 0) is 25.9 Å². The molecule has 0 fully saturated rings. The van der Waals surface area contributed by atoms with Gasteiger partial charge in [0.15, 0.2) is 0 Å². The molecule has 2 N–H and O–H groups in total. The van der Waals surface area contributed by atoms with Crippen LogP contribution in [0.1, 0.15) is 22.3 Å². The highest BCUT2D eigenvalue weighted by atomic mass is 15.1. The van der Waals surface area contributed by atoms with E-state index in [0.717, 1.165) is 32.5 Å². The number of nitrogens with zero attached hydrogens (tertiary/aromatic N) is 1. The van der Waals surface area contributed by atoms with Crippen LogP contribution in [0.2, 0.25) is 0 Å². The van der Waals surface area contributed by atoms with Crippen LogP contribution in [-0.4, -0.2) is 18.0 Å². The van der Waals surface area contributed by atoms with E-state index < -0.39 is 0 Å². The Hall–Kier alpha value is -1.64. The van der Waals surface area contributed by atoms with Gasteiger partial charge in [-0.25, -0.2) is 0 Å². The summed E-state index contributed by atoms with van der Waals surface area (Å²) in [5.41, 5.74) is 11.5. The predicted octanol–water partition coefficient (Wildman–Crippen LogP) is 2.75. The molecule has 20 heavy (non-hydrogen) atoms. The number of benzene rings is 2. The van der Waals surface area contributed by atoms with Gasteiger partial charge in [0.1, 0.15) is 0 Å². The lowest BCUT2D eigenvalue weighted by Crippen LogP contribution is -2.26. The molecule has 104 valence electrons. The number of fused-ring (bicyclic) bond motifs is 1. The van der Waals surface area contributed by atoms with Gasteiger partial charge in [0, 0.05) is 26.2 Å². The minimum absolute atomic E-state index is 0.629. The van der Waals surface area contributed by atoms with Crippen molar-refractivity contribution in [2.75, 3.05) is 13.1 Å². The fraction of sp³-hybridized carbons (Fsp3) is 0.333. The summed E-state index contributed by atoms with van der Waals surface area (Å²) in [5.74, 6) is 0. The van der Waals surface area contributed by atoms with Gasteiger partial charge in [0.25, 0.3) is 0 Å². The lowest BCUT2D eigenvalue weighted by Gasteiger charge is -2.21. The van der Waals surface area contributed by atoms with Crippen molar-refractivity contribution in [1.29, 1.82) is 0 Å². The maximum atomic E-state index is 5.84. The molecule has 2 aromatic rings. The molecule has 0 spiro atoms. The predicted molar refractivity (Wildman–Crippen MR) is 83.5 cm³/mol. The molecule has 2 aromatic carbocycles. The number of rotatable bonds is 3. The van der Waals surface area contributed by atoms with Crippen LogP contribution in [0.15, 0.2) is 48.5 Å². The van der Waals surface area contributed by atoms with E-state index in [4.69, 9.17) is 5.73 Å². The van der Waals surface area contributed by atoms with Crippen LogP contribution in [0.25, 0.3) is 0 Å². The highest BCUT2D eigenvalue weighted by Gasteiger charge is 2.14. The second kappa shape index (κ2) is 6.21. The molecule has 0 unspecified atom stereocenters. The third kappa shape index (κ3) is 2.92. The van der Waals surface area contributed by atoms with Gasteiger partial charge in [-0.05, 0) is 35.1 Å². The molecule has 1 aliphatic heterocycles. The Kier molecular flexibility index (Phi) is 4.14. The molecule has 0 amide bonds. The third-order valence-electron chi connectivity index (χ3n) is 4.25. The van der Waals surface area contributed by atoms with Crippen molar-refractivity contribution >= 4 is 0 Å². The summed E-state index contributed by atoms with van der Waals surface area (Å²) >= 11 is 0. The maximum absolute atomic E-state index is 5.84. The van der Waals surface area contributed by atoms with Gasteiger partial charge < -0.3 is 5.73 Å². The van der Waals surface area contributed by atoms with Gasteiger partial charge in [0.05, 0.1) is 0 Å². The molecule has 0 saturated carbocycles. The molecule has 0 saturated heterocycles. The number of hydrogen-bond acceptors (Lipinski definition) is 2. The summed E-state index contributed by atoms with van der Waals surface area (Å²) in [6.45, 7) is 3.91. The highest BCUT2D eigenvalue weighted by Crippen LogP contribution is 2.18. The Balaban J connectivity index is 1.71. The van der Waals surface area contributed by atoms with E-state index in [-0.39, 0.29) is 0 Å². The van der Waals surface area contributed by atoms with E-state index in [1.165, 1.54) is 22.3 Å². The molecule has 1 heterocycles. The van der Waals surface area contributed by atoms with Gasteiger partial charge in [-0.2, -0.15) is 0 Å². The maximum Gasteiger partial charge on any atom is 0.0237 e. The molecular weight excluding hydrogens is 244 g/mol. The Morgan fingerprint density at radius 3 is 1.95 bits per heavy atom. The van der Waals surface area contributed by atoms with Gasteiger partial charge in [0.2, 0.25) is 0 Å². The fourth-order valence-corrected chi connectivity index (χ4v) is 3.02. The molecule has 2 heteroatoms. The minimum Gasteiger partial charge on any atom is -0.326 e. The first-order chi connectivity index (χ1) is 9.86. The lowest BCUT2D eigenvalue weighted by atomic mass is 10.0. The first-order valence-electron chi connectivity index (χ1n) is 7.43. The van der Waals surface area contributed by atoms with E-state index in [1.54, 1.807) is 0 Å². The number of nitrogens with two attached hydrogens (primary N) is 1. The fourth-order valence-electron chi connectivity index (χ4n) is 3.02. The Bertz CT molecular complexity index is 550. The molecule has 0 aliphatic carbocycles. The van der Waals surface area contributed by atoms with E-state index in [9.17, 15) is 0 Å². The highest BCUT2D eigenvalue weighted by molar-refractivity contribution is 5.30. The van der Waals surface area contributed by atoms with Crippen LogP contribution in [0.5, 0.6) is 0 Å². The van der Waals surface area contributed by atoms with E-state index in [0.29, 0.717) is 6.54 Å². The molecular formula is C18H22N2. The summed E-state index contributed by atoms with van der Waals surface area (Å²) < 4.78 is 0. The molecule has 0 radical (unpaired) electrons. The van der Waals surface area contributed by atoms with Crippen molar-refractivity contribution < 1.29 is 0 Å². The average molecular weight is 266 g/mol. The van der Waals surface area contributed by atoms with E-state index in [1.807, 2.05) is 0 Å². The smallest absolute Gasteiger partial charge is 0.0237 e. The van der Waals surface area contributed by atoms with Crippen molar-refractivity contribution in [2.45, 2.75) is 25.9 Å². The molecule has 3 rings (SSSR count). The Morgan fingerprint density at radius 2 is 1.35 bits per heavy atom. The van der Waals surface area contributed by atoms with Crippen molar-refractivity contribution in [3.63, 3.8) is 0 Å². The van der Waals surface area contributed by atoms with Crippen molar-refractivity contribution in [1.82, 2.24) is 4.90 Å². The second-order valence-electron chi connectivity index (χ2n) is 5.52. The standard InChI is InChI=1S/C18H22N2/c19-13-17-7-3-4-8-18(17)14-20-11-9-15-5-1-2-6-16(15)10-12-20/h1-8H,9-14,19H2. The quantitative estimate of drug-likeness (QED) is 0.925. The average Bonchev–Trinajstić information content (AvgIpc) is 2.71. The van der Waals surface area contributed by atoms with Crippen LogP contribution >= 0.6 is 0 Å². The number of hydrogen-bond donors (Lipinski definition) is 1. The van der Waals surface area contributed by atoms with Gasteiger partial charge in [-0.3, -0.25) is 4.90 Å². The van der Waals surface area contributed by atoms with Crippen molar-refractivity contribution in [3.8, 4) is 0 Å². The van der Waals surface area contributed by atoms with Crippen molar-refractivity contribution in [2.24, 2.45) is 5.73 Å². The van der Waals surface area contributed by atoms with Crippen LogP contribution < -0.4 is 5.73 Å². The van der Waals surface area contributed by atoms with Gasteiger partial charge in [-0.1, -0.05) is 48.5 Å². The normalized spacial score (nSPS) is 15.7. The zero-order chi connectivity index (χ0) is 13.8. The van der Waals surface area contributed by atoms with Crippen molar-refractivity contribution in [3.05, 3.63) is 70.8 Å². The largest absolute Gasteiger partial charge is 0.326 e. The second-order valence-corrected chi connectivity index (χ2v) is 5.52. The molecule has 0 atom stereocenters. The zero-order valence-electron chi connectivity index (χ0n) is 11.9. The van der Waals surface area contributed by atoms with Gasteiger partial charge >= 0.3 is 0 Å². The first kappa shape index (κ1) is 13.3. The summed E-state index contributed by atoms with van der Waals surface area (Å²) in [7, 11) is 0. The molecule has 2 nitrogen and oxygen atoms in total. The van der Waals surface area contributed by atoms with E-state index >= 15 is 0 Å². The zero-order valence-corrected chi connectivity index (χ0v) is 11.9. The minimum atomic E-state index is 0.629. The summed E-state index contributed by atoms with van der Waals surface area (Å²) in [5, 5.41) is 0. The lowest BCUT2D eigenvalue weighted by molar-refractivity contribution is 0.278. The summed E-state index contributed by atoms with van der Waals surface area (Å²) in [6.07, 6.45) is 2.31. The summed E-state index contributed by atoms with van der Waals surface area (Å²) in [4.78, 5) is 2.55. The SMILES string of the molecule is NCc1ccccc1CN1CCc2ccccc2CC1. The topological polar surface area (TPSA) is 29.3 Å². The Morgan fingerprint density at radius 1 is 0.800 bits per heavy atom. The monoisotopic (exact) mass is 266 g/mol. The molecule has 1 aliphatic rings. The Labute approximate surface area is 121 Å². The molecule has 0 bridgehead atoms. The van der Waals surface area contributed by atoms with Gasteiger partial charge in [-0.15, -0.1) is 0 Å². The van der Waals surface area contributed by atoms with E-state index in [2.05, 4.69) is 53.4 Å².